The monoisotopic (exact) mass is 529 g/mol. The molecule has 11 heteroatoms. The summed E-state index contributed by atoms with van der Waals surface area (Å²) in [6.45, 7) is 0.359. The van der Waals surface area contributed by atoms with E-state index in [9.17, 15) is 16.8 Å². The Kier molecular flexibility index (Phi) is 6.14. The minimum atomic E-state index is -4.06. The van der Waals surface area contributed by atoms with Crippen LogP contribution in [0.4, 0.5) is 11.4 Å². The Morgan fingerprint density at radius 2 is 1.83 bits per heavy atom. The topological polar surface area (TPSA) is 106 Å². The van der Waals surface area contributed by atoms with E-state index in [1.807, 2.05) is 36.4 Å². The van der Waals surface area contributed by atoms with Crippen molar-refractivity contribution in [3.8, 4) is 11.3 Å². The van der Waals surface area contributed by atoms with E-state index >= 15 is 0 Å². The summed E-state index contributed by atoms with van der Waals surface area (Å²) in [5, 5.41) is 1.88. The third-order valence-corrected chi connectivity index (χ3v) is 8.96. The van der Waals surface area contributed by atoms with Crippen LogP contribution in [0.5, 0.6) is 0 Å². The molecule has 0 radical (unpaired) electrons. The van der Waals surface area contributed by atoms with Gasteiger partial charge in [0.1, 0.15) is 4.90 Å². The molecule has 5 rings (SSSR count). The van der Waals surface area contributed by atoms with Gasteiger partial charge in [0.2, 0.25) is 0 Å². The molecule has 0 bridgehead atoms. The summed E-state index contributed by atoms with van der Waals surface area (Å²) < 4.78 is 59.5. The summed E-state index contributed by atoms with van der Waals surface area (Å²) in [4.78, 5) is 4.33. The fourth-order valence-electron chi connectivity index (χ4n) is 3.96. The van der Waals surface area contributed by atoms with Crippen molar-refractivity contribution in [2.45, 2.75) is 4.90 Å². The molecular weight excluding hydrogens is 510 g/mol. The van der Waals surface area contributed by atoms with Crippen LogP contribution in [0.25, 0.3) is 22.0 Å². The molecule has 1 aliphatic heterocycles. The Bertz CT molecular complexity index is 1640. The number of ether oxygens (including phenoxy) is 1. The second-order valence-electron chi connectivity index (χ2n) is 7.89. The predicted molar refractivity (Wildman–Crippen MR) is 137 cm³/mol. The highest BCUT2D eigenvalue weighted by molar-refractivity contribution is 7.93. The molecule has 1 aliphatic rings. The quantitative estimate of drug-likeness (QED) is 0.408. The number of aromatic nitrogens is 1. The molecule has 1 N–H and O–H groups in total. The minimum absolute atomic E-state index is 0.0939. The Morgan fingerprint density at radius 3 is 2.63 bits per heavy atom. The van der Waals surface area contributed by atoms with Gasteiger partial charge in [-0.05, 0) is 41.8 Å². The van der Waals surface area contributed by atoms with Crippen molar-refractivity contribution in [3.05, 3.63) is 84.0 Å². The zero-order valence-electron chi connectivity index (χ0n) is 18.3. The molecule has 180 valence electrons. The van der Waals surface area contributed by atoms with Crippen LogP contribution in [0, 0.1) is 0 Å². The summed E-state index contributed by atoms with van der Waals surface area (Å²) in [6, 6.07) is 20.7. The number of nitrogens with one attached hydrogen (secondary N) is 1. The van der Waals surface area contributed by atoms with Gasteiger partial charge in [-0.3, -0.25) is 14.0 Å². The van der Waals surface area contributed by atoms with Crippen LogP contribution in [0.3, 0.4) is 0 Å². The summed E-state index contributed by atoms with van der Waals surface area (Å²) in [7, 11) is -7.71. The van der Waals surface area contributed by atoms with Gasteiger partial charge in [0, 0.05) is 22.8 Å². The van der Waals surface area contributed by atoms with E-state index in [0.29, 0.717) is 5.69 Å². The van der Waals surface area contributed by atoms with Crippen LogP contribution >= 0.6 is 11.6 Å². The molecular formula is C24H20ClN3O5S2. The van der Waals surface area contributed by atoms with Crippen molar-refractivity contribution in [2.24, 2.45) is 0 Å². The van der Waals surface area contributed by atoms with Crippen LogP contribution in [0.15, 0.2) is 83.9 Å². The third kappa shape index (κ3) is 4.70. The lowest BCUT2D eigenvalue weighted by atomic mass is 10.0. The molecule has 8 nitrogen and oxygen atoms in total. The molecule has 1 fully saturated rings. The maximum absolute atomic E-state index is 13.1. The zero-order chi connectivity index (χ0) is 24.6. The molecule has 1 aromatic heterocycles. The molecule has 1 saturated heterocycles. The number of rotatable bonds is 5. The number of sulfonamides is 2. The number of anilines is 2. The summed E-state index contributed by atoms with van der Waals surface area (Å²) in [6.07, 6.45) is 1.71. The normalized spacial score (nSPS) is 15.7. The molecule has 0 spiro atoms. The Hall–Kier alpha value is -3.18. The van der Waals surface area contributed by atoms with Crippen LogP contribution in [0.1, 0.15) is 0 Å². The Balaban J connectivity index is 1.45. The van der Waals surface area contributed by atoms with Crippen LogP contribution < -0.4 is 9.03 Å². The van der Waals surface area contributed by atoms with Gasteiger partial charge < -0.3 is 4.74 Å². The summed E-state index contributed by atoms with van der Waals surface area (Å²) >= 11 is 6.30. The van der Waals surface area contributed by atoms with Gasteiger partial charge in [0.25, 0.3) is 20.0 Å². The van der Waals surface area contributed by atoms with E-state index in [0.717, 1.165) is 26.3 Å². The first-order chi connectivity index (χ1) is 16.7. The highest BCUT2D eigenvalue weighted by Gasteiger charge is 2.28. The number of hydrogen-bond donors (Lipinski definition) is 1. The van der Waals surface area contributed by atoms with E-state index in [4.69, 9.17) is 16.3 Å². The molecule has 35 heavy (non-hydrogen) atoms. The lowest BCUT2D eigenvalue weighted by molar-refractivity contribution is 0.175. The minimum Gasteiger partial charge on any atom is -0.362 e. The summed E-state index contributed by atoms with van der Waals surface area (Å²) in [5.74, 6) is -0.436. The van der Waals surface area contributed by atoms with Crippen molar-refractivity contribution >= 4 is 53.8 Å². The lowest BCUT2D eigenvalue weighted by Gasteiger charge is -2.28. The SMILES string of the molecule is O=S(=O)(Nc1cccc(-c2nccc3ccccc23)c1)c1ccc(N2CCOCS2(=O)=O)cc1Cl. The lowest BCUT2D eigenvalue weighted by Crippen LogP contribution is -2.41. The van der Waals surface area contributed by atoms with E-state index in [-0.39, 0.29) is 28.8 Å². The average molecular weight is 530 g/mol. The zero-order valence-corrected chi connectivity index (χ0v) is 20.6. The largest absolute Gasteiger partial charge is 0.362 e. The molecule has 4 aromatic rings. The number of benzene rings is 3. The van der Waals surface area contributed by atoms with Gasteiger partial charge in [0.15, 0.2) is 5.94 Å². The van der Waals surface area contributed by atoms with Gasteiger partial charge in [-0.2, -0.15) is 0 Å². The van der Waals surface area contributed by atoms with Gasteiger partial charge >= 0.3 is 0 Å². The van der Waals surface area contributed by atoms with Crippen LogP contribution in [0.2, 0.25) is 5.02 Å². The van der Waals surface area contributed by atoms with Gasteiger partial charge in [-0.15, -0.1) is 0 Å². The molecule has 0 unspecified atom stereocenters. The molecule has 0 amide bonds. The average Bonchev–Trinajstić information content (AvgIpc) is 2.83. The number of pyridine rings is 1. The molecule has 0 saturated carbocycles. The maximum atomic E-state index is 13.1. The van der Waals surface area contributed by atoms with E-state index in [1.54, 1.807) is 24.4 Å². The second-order valence-corrected chi connectivity index (χ2v) is 11.8. The molecule has 2 heterocycles. The highest BCUT2D eigenvalue weighted by atomic mass is 35.5. The fourth-order valence-corrected chi connectivity index (χ4v) is 6.79. The maximum Gasteiger partial charge on any atom is 0.263 e. The fraction of sp³-hybridized carbons (Fsp3) is 0.125. The van der Waals surface area contributed by atoms with Crippen LogP contribution in [-0.4, -0.2) is 40.9 Å². The van der Waals surface area contributed by atoms with E-state index in [2.05, 4.69) is 9.71 Å². The van der Waals surface area contributed by atoms with Gasteiger partial charge in [-0.1, -0.05) is 48.0 Å². The Morgan fingerprint density at radius 1 is 1.00 bits per heavy atom. The molecule has 0 atom stereocenters. The summed E-state index contributed by atoms with van der Waals surface area (Å²) in [5.41, 5.74) is 2.11. The number of halogens is 1. The molecule has 3 aromatic carbocycles. The first-order valence-electron chi connectivity index (χ1n) is 10.6. The Labute approximate surface area is 208 Å². The predicted octanol–water partition coefficient (Wildman–Crippen LogP) is 4.48. The van der Waals surface area contributed by atoms with Crippen molar-refractivity contribution in [2.75, 3.05) is 28.1 Å². The van der Waals surface area contributed by atoms with Crippen LogP contribution in [-0.2, 0) is 24.8 Å². The first-order valence-corrected chi connectivity index (χ1v) is 14.1. The number of hydrogen-bond acceptors (Lipinski definition) is 6. The molecule has 0 aliphatic carbocycles. The smallest absolute Gasteiger partial charge is 0.263 e. The third-order valence-electron chi connectivity index (χ3n) is 5.56. The number of nitrogens with zero attached hydrogens (tertiary/aromatic N) is 2. The standard InChI is InChI=1S/C24H20ClN3O5S2/c25-22-15-20(28-12-13-33-16-34(28,29)30)8-9-23(22)35(31,32)27-19-6-3-5-18(14-19)24-21-7-2-1-4-17(21)10-11-26-24/h1-11,14-15,27H,12-13,16H2. The van der Waals surface area contributed by atoms with Gasteiger partial charge in [-0.25, -0.2) is 16.8 Å². The van der Waals surface area contributed by atoms with Crippen molar-refractivity contribution in [3.63, 3.8) is 0 Å². The highest BCUT2D eigenvalue weighted by Crippen LogP contribution is 2.32. The first kappa shape index (κ1) is 23.6. The van der Waals surface area contributed by atoms with Crippen molar-refractivity contribution in [1.82, 2.24) is 4.98 Å². The number of fused-ring (bicyclic) bond motifs is 1. The van der Waals surface area contributed by atoms with E-state index in [1.165, 1.54) is 18.2 Å². The van der Waals surface area contributed by atoms with Crippen molar-refractivity contribution in [1.29, 1.82) is 0 Å². The second kappa shape index (κ2) is 9.12. The van der Waals surface area contributed by atoms with E-state index < -0.39 is 26.0 Å². The van der Waals surface area contributed by atoms with Crippen molar-refractivity contribution < 1.29 is 21.6 Å². The van der Waals surface area contributed by atoms with Gasteiger partial charge in [0.05, 0.1) is 29.6 Å².